The van der Waals surface area contributed by atoms with Crippen molar-refractivity contribution in [2.45, 2.75) is 38.5 Å². The van der Waals surface area contributed by atoms with Gasteiger partial charge in [0.15, 0.2) is 0 Å². The van der Waals surface area contributed by atoms with Crippen LogP contribution in [-0.2, 0) is 0 Å². The van der Waals surface area contributed by atoms with Crippen molar-refractivity contribution < 1.29 is 14.7 Å². The largest absolute Gasteiger partial charge is 0.396 e. The Morgan fingerprint density at radius 1 is 1.17 bits per heavy atom. The van der Waals surface area contributed by atoms with E-state index in [1.807, 2.05) is 0 Å². The third-order valence-electron chi connectivity index (χ3n) is 4.81. The zero-order chi connectivity index (χ0) is 17.4. The zero-order valence-electron chi connectivity index (χ0n) is 14.4. The van der Waals surface area contributed by atoms with Crippen LogP contribution in [0.2, 0.25) is 0 Å². The molecule has 1 fully saturated rings. The number of rotatable bonds is 7. The number of benzene rings is 1. The predicted octanol–water partition coefficient (Wildman–Crippen LogP) is 2.35. The molecular weight excluding hydrogens is 304 g/mol. The Bertz CT molecular complexity index is 553. The molecule has 1 unspecified atom stereocenters. The maximum Gasteiger partial charge on any atom is 0.251 e. The van der Waals surface area contributed by atoms with Crippen LogP contribution in [0.4, 0.5) is 0 Å². The third kappa shape index (κ3) is 5.34. The second-order valence-electron chi connectivity index (χ2n) is 6.66. The van der Waals surface area contributed by atoms with Crippen LogP contribution in [0.15, 0.2) is 24.3 Å². The van der Waals surface area contributed by atoms with E-state index in [4.69, 9.17) is 0 Å². The van der Waals surface area contributed by atoms with Crippen molar-refractivity contribution in [3.05, 3.63) is 35.4 Å². The summed E-state index contributed by atoms with van der Waals surface area (Å²) in [5.74, 6) is 0.349. The molecule has 1 aliphatic carbocycles. The summed E-state index contributed by atoms with van der Waals surface area (Å²) >= 11 is 0. The van der Waals surface area contributed by atoms with Gasteiger partial charge in [-0.1, -0.05) is 38.2 Å². The number of aliphatic hydroxyl groups excluding tert-OH is 1. The summed E-state index contributed by atoms with van der Waals surface area (Å²) in [6.07, 6.45) is 7.31. The number of carbonyl (C=O) groups excluding carboxylic acids is 2. The second kappa shape index (κ2) is 9.42. The lowest BCUT2D eigenvalue weighted by molar-refractivity contribution is 0.0933. The molecule has 1 aromatic carbocycles. The molecule has 0 bridgehead atoms. The van der Waals surface area contributed by atoms with Crippen LogP contribution >= 0.6 is 0 Å². The van der Waals surface area contributed by atoms with Crippen LogP contribution in [0.25, 0.3) is 0 Å². The Kier molecular flexibility index (Phi) is 7.25. The molecule has 3 N–H and O–H groups in total. The third-order valence-corrected chi connectivity index (χ3v) is 4.81. The van der Waals surface area contributed by atoms with Gasteiger partial charge in [-0.3, -0.25) is 9.59 Å². The fraction of sp³-hybridized carbons (Fsp3) is 0.579. The van der Waals surface area contributed by atoms with Crippen molar-refractivity contribution in [2.24, 2.45) is 11.8 Å². The van der Waals surface area contributed by atoms with Gasteiger partial charge in [0, 0.05) is 31.3 Å². The van der Waals surface area contributed by atoms with Crippen molar-refractivity contribution in [1.82, 2.24) is 10.6 Å². The highest BCUT2D eigenvalue weighted by molar-refractivity contribution is 5.99. The van der Waals surface area contributed by atoms with Crippen molar-refractivity contribution in [1.29, 1.82) is 0 Å². The van der Waals surface area contributed by atoms with Gasteiger partial charge in [0.25, 0.3) is 11.8 Å². The van der Waals surface area contributed by atoms with Crippen LogP contribution in [0.1, 0.15) is 59.2 Å². The van der Waals surface area contributed by atoms with Crippen molar-refractivity contribution >= 4 is 11.8 Å². The molecule has 0 aromatic heterocycles. The van der Waals surface area contributed by atoms with E-state index >= 15 is 0 Å². The molecule has 132 valence electrons. The SMILES string of the molecule is CNC(=O)c1cccc(C(=O)NCC(CO)CC2CCCCC2)c1. The number of aliphatic hydroxyl groups is 1. The van der Waals surface area contributed by atoms with Crippen LogP contribution in [0.3, 0.4) is 0 Å². The molecule has 0 radical (unpaired) electrons. The van der Waals surface area contributed by atoms with Gasteiger partial charge >= 0.3 is 0 Å². The lowest BCUT2D eigenvalue weighted by Crippen LogP contribution is -2.32. The van der Waals surface area contributed by atoms with Gasteiger partial charge < -0.3 is 15.7 Å². The first kappa shape index (κ1) is 18.5. The summed E-state index contributed by atoms with van der Waals surface area (Å²) < 4.78 is 0. The Morgan fingerprint density at radius 2 is 1.83 bits per heavy atom. The molecule has 2 rings (SSSR count). The minimum Gasteiger partial charge on any atom is -0.396 e. The van der Waals surface area contributed by atoms with E-state index in [2.05, 4.69) is 10.6 Å². The second-order valence-corrected chi connectivity index (χ2v) is 6.66. The van der Waals surface area contributed by atoms with E-state index in [0.717, 1.165) is 6.42 Å². The van der Waals surface area contributed by atoms with Crippen LogP contribution in [0.5, 0.6) is 0 Å². The van der Waals surface area contributed by atoms with E-state index in [0.29, 0.717) is 23.6 Å². The van der Waals surface area contributed by atoms with E-state index in [1.165, 1.54) is 32.1 Å². The van der Waals surface area contributed by atoms with Gasteiger partial charge in [-0.15, -0.1) is 0 Å². The van der Waals surface area contributed by atoms with E-state index in [-0.39, 0.29) is 24.3 Å². The molecule has 1 atom stereocenters. The molecule has 1 aromatic rings. The lowest BCUT2D eigenvalue weighted by Gasteiger charge is -2.25. The van der Waals surface area contributed by atoms with E-state index in [1.54, 1.807) is 31.3 Å². The molecular formula is C19H28N2O3. The van der Waals surface area contributed by atoms with Gasteiger partial charge in [0.2, 0.25) is 0 Å². The summed E-state index contributed by atoms with van der Waals surface area (Å²) in [7, 11) is 1.56. The van der Waals surface area contributed by atoms with Crippen LogP contribution in [0, 0.1) is 11.8 Å². The molecule has 5 heteroatoms. The smallest absolute Gasteiger partial charge is 0.251 e. The molecule has 5 nitrogen and oxygen atoms in total. The summed E-state index contributed by atoms with van der Waals surface area (Å²) in [6.45, 7) is 0.561. The topological polar surface area (TPSA) is 78.4 Å². The van der Waals surface area contributed by atoms with Crippen LogP contribution in [-0.4, -0.2) is 37.1 Å². The monoisotopic (exact) mass is 332 g/mol. The summed E-state index contributed by atoms with van der Waals surface area (Å²) in [4.78, 5) is 23.9. The van der Waals surface area contributed by atoms with Crippen molar-refractivity contribution in [3.8, 4) is 0 Å². The van der Waals surface area contributed by atoms with Crippen molar-refractivity contribution in [2.75, 3.05) is 20.2 Å². The number of nitrogens with one attached hydrogen (secondary N) is 2. The fourth-order valence-electron chi connectivity index (χ4n) is 3.40. The highest BCUT2D eigenvalue weighted by atomic mass is 16.3. The molecule has 1 aliphatic rings. The van der Waals surface area contributed by atoms with Gasteiger partial charge in [-0.2, -0.15) is 0 Å². The molecule has 2 amide bonds. The summed E-state index contributed by atoms with van der Waals surface area (Å²) in [5.41, 5.74) is 0.927. The molecule has 1 saturated carbocycles. The molecule has 0 spiro atoms. The van der Waals surface area contributed by atoms with Crippen molar-refractivity contribution in [3.63, 3.8) is 0 Å². The number of carbonyl (C=O) groups is 2. The zero-order valence-corrected chi connectivity index (χ0v) is 14.4. The Labute approximate surface area is 143 Å². The maximum atomic E-state index is 12.3. The van der Waals surface area contributed by atoms with Gasteiger partial charge in [-0.25, -0.2) is 0 Å². The molecule has 0 saturated heterocycles. The fourth-order valence-corrected chi connectivity index (χ4v) is 3.40. The average molecular weight is 332 g/mol. The first-order valence-electron chi connectivity index (χ1n) is 8.85. The van der Waals surface area contributed by atoms with Crippen LogP contribution < -0.4 is 10.6 Å². The Balaban J connectivity index is 1.87. The maximum absolute atomic E-state index is 12.3. The molecule has 0 aliphatic heterocycles. The standard InChI is InChI=1S/C19H28N2O3/c1-20-18(23)16-8-5-9-17(11-16)19(24)21-12-15(13-22)10-14-6-3-2-4-7-14/h5,8-9,11,14-15,22H,2-4,6-7,10,12-13H2,1H3,(H,20,23)(H,21,24). The predicted molar refractivity (Wildman–Crippen MR) is 93.9 cm³/mol. The van der Waals surface area contributed by atoms with Gasteiger partial charge in [0.1, 0.15) is 0 Å². The highest BCUT2D eigenvalue weighted by Gasteiger charge is 2.19. The van der Waals surface area contributed by atoms with Gasteiger partial charge in [-0.05, 0) is 36.5 Å². The highest BCUT2D eigenvalue weighted by Crippen LogP contribution is 2.28. The van der Waals surface area contributed by atoms with Gasteiger partial charge in [0.05, 0.1) is 0 Å². The number of amides is 2. The quantitative estimate of drug-likeness (QED) is 0.717. The number of hydrogen-bond donors (Lipinski definition) is 3. The summed E-state index contributed by atoms with van der Waals surface area (Å²) in [5, 5.41) is 15.0. The first-order chi connectivity index (χ1) is 11.6. The van der Waals surface area contributed by atoms with E-state index in [9.17, 15) is 14.7 Å². The lowest BCUT2D eigenvalue weighted by atomic mass is 9.83. The normalized spacial score (nSPS) is 16.4. The van der Waals surface area contributed by atoms with E-state index < -0.39 is 0 Å². The summed E-state index contributed by atoms with van der Waals surface area (Å²) in [6, 6.07) is 6.65. The number of hydrogen-bond acceptors (Lipinski definition) is 3. The molecule has 0 heterocycles. The minimum absolute atomic E-state index is 0.0923. The Morgan fingerprint density at radius 3 is 2.46 bits per heavy atom. The minimum atomic E-state index is -0.213. The molecule has 24 heavy (non-hydrogen) atoms. The first-order valence-corrected chi connectivity index (χ1v) is 8.85. The Hall–Kier alpha value is -1.88. The average Bonchev–Trinajstić information content (AvgIpc) is 2.65.